The molecule has 1 aromatic carbocycles. The number of hydrogen-bond acceptors (Lipinski definition) is 3. The van der Waals surface area contributed by atoms with Crippen LogP contribution in [-0.4, -0.2) is 36.3 Å². The van der Waals surface area contributed by atoms with E-state index in [1.165, 1.54) is 0 Å². The Balaban J connectivity index is 1.82. The van der Waals surface area contributed by atoms with Gasteiger partial charge in [-0.1, -0.05) is 17.7 Å². The lowest BCUT2D eigenvalue weighted by atomic mass is 9.96. The first kappa shape index (κ1) is 15.6. The first-order chi connectivity index (χ1) is 9.97. The fourth-order valence-corrected chi connectivity index (χ4v) is 2.59. The standard InChI is InChI=1S/C15H20ClN3O2/c1-10-2-3-12(8-13(10)16)18-9-14(20)19-6-4-11(5-7-19)15(17)21/h2-3,8,11,18H,4-7,9H2,1H3,(H2,17,21). The predicted octanol–water partition coefficient (Wildman–Crippen LogP) is 1.78. The number of carbonyl (C=O) groups is 2. The van der Waals surface area contributed by atoms with Crippen LogP contribution in [0.5, 0.6) is 0 Å². The quantitative estimate of drug-likeness (QED) is 0.890. The van der Waals surface area contributed by atoms with Crippen LogP contribution in [0.4, 0.5) is 5.69 Å². The number of halogens is 1. The summed E-state index contributed by atoms with van der Waals surface area (Å²) in [5, 5.41) is 3.75. The molecule has 0 unspecified atom stereocenters. The van der Waals surface area contributed by atoms with Crippen molar-refractivity contribution in [2.24, 2.45) is 11.7 Å². The van der Waals surface area contributed by atoms with Crippen molar-refractivity contribution in [1.82, 2.24) is 4.90 Å². The van der Waals surface area contributed by atoms with E-state index in [1.807, 2.05) is 25.1 Å². The molecule has 114 valence electrons. The van der Waals surface area contributed by atoms with E-state index in [0.717, 1.165) is 11.3 Å². The van der Waals surface area contributed by atoms with Gasteiger partial charge in [-0.15, -0.1) is 0 Å². The zero-order valence-electron chi connectivity index (χ0n) is 12.1. The number of nitrogens with zero attached hydrogens (tertiary/aromatic N) is 1. The summed E-state index contributed by atoms with van der Waals surface area (Å²) >= 11 is 6.04. The molecule has 0 saturated carbocycles. The number of amides is 2. The molecule has 1 saturated heterocycles. The molecular formula is C15H20ClN3O2. The molecule has 1 aromatic rings. The Bertz CT molecular complexity index is 540. The Hall–Kier alpha value is -1.75. The molecule has 0 bridgehead atoms. The minimum Gasteiger partial charge on any atom is -0.376 e. The number of carbonyl (C=O) groups excluding carboxylic acids is 2. The number of likely N-dealkylation sites (tertiary alicyclic amines) is 1. The summed E-state index contributed by atoms with van der Waals surface area (Å²) in [6.07, 6.45) is 1.30. The van der Waals surface area contributed by atoms with Gasteiger partial charge in [-0.05, 0) is 37.5 Å². The number of nitrogens with one attached hydrogen (secondary N) is 1. The lowest BCUT2D eigenvalue weighted by Crippen LogP contribution is -2.43. The van der Waals surface area contributed by atoms with E-state index in [4.69, 9.17) is 17.3 Å². The molecular weight excluding hydrogens is 290 g/mol. The van der Waals surface area contributed by atoms with Crippen molar-refractivity contribution < 1.29 is 9.59 Å². The molecule has 1 aliphatic rings. The van der Waals surface area contributed by atoms with E-state index >= 15 is 0 Å². The molecule has 1 aliphatic heterocycles. The lowest BCUT2D eigenvalue weighted by Gasteiger charge is -2.30. The van der Waals surface area contributed by atoms with Crippen molar-refractivity contribution >= 4 is 29.1 Å². The number of piperidine rings is 1. The van der Waals surface area contributed by atoms with Gasteiger partial charge in [0.25, 0.3) is 0 Å². The summed E-state index contributed by atoms with van der Waals surface area (Å²) in [7, 11) is 0. The molecule has 1 fully saturated rings. The summed E-state index contributed by atoms with van der Waals surface area (Å²) in [5.41, 5.74) is 7.11. The number of anilines is 1. The number of nitrogens with two attached hydrogens (primary N) is 1. The topological polar surface area (TPSA) is 75.4 Å². The summed E-state index contributed by atoms with van der Waals surface area (Å²) in [4.78, 5) is 25.0. The van der Waals surface area contributed by atoms with E-state index in [9.17, 15) is 9.59 Å². The van der Waals surface area contributed by atoms with Gasteiger partial charge < -0.3 is 16.0 Å². The highest BCUT2D eigenvalue weighted by molar-refractivity contribution is 6.31. The van der Waals surface area contributed by atoms with Crippen LogP contribution in [0.1, 0.15) is 18.4 Å². The van der Waals surface area contributed by atoms with Crippen LogP contribution in [0.3, 0.4) is 0 Å². The second-order valence-corrected chi connectivity index (χ2v) is 5.78. The molecule has 0 aromatic heterocycles. The summed E-state index contributed by atoms with van der Waals surface area (Å²) in [6.45, 7) is 3.33. The maximum absolute atomic E-state index is 12.1. The third kappa shape index (κ3) is 4.11. The molecule has 5 nitrogen and oxygen atoms in total. The van der Waals surface area contributed by atoms with Crippen molar-refractivity contribution in [1.29, 1.82) is 0 Å². The van der Waals surface area contributed by atoms with E-state index < -0.39 is 0 Å². The van der Waals surface area contributed by atoms with Gasteiger partial charge in [-0.2, -0.15) is 0 Å². The Morgan fingerprint density at radius 3 is 2.62 bits per heavy atom. The molecule has 0 atom stereocenters. The van der Waals surface area contributed by atoms with Crippen molar-refractivity contribution in [3.05, 3.63) is 28.8 Å². The molecule has 2 amide bonds. The van der Waals surface area contributed by atoms with Crippen LogP contribution < -0.4 is 11.1 Å². The van der Waals surface area contributed by atoms with Gasteiger partial charge in [-0.3, -0.25) is 9.59 Å². The normalized spacial score (nSPS) is 15.8. The fraction of sp³-hybridized carbons (Fsp3) is 0.467. The molecule has 3 N–H and O–H groups in total. The second-order valence-electron chi connectivity index (χ2n) is 5.37. The average molecular weight is 310 g/mol. The molecule has 2 rings (SSSR count). The van der Waals surface area contributed by atoms with E-state index in [1.54, 1.807) is 4.90 Å². The van der Waals surface area contributed by atoms with Gasteiger partial charge in [-0.25, -0.2) is 0 Å². The maximum Gasteiger partial charge on any atom is 0.241 e. The van der Waals surface area contributed by atoms with Gasteiger partial charge in [0.1, 0.15) is 0 Å². The molecule has 6 heteroatoms. The Labute approximate surface area is 129 Å². The predicted molar refractivity (Wildman–Crippen MR) is 83.2 cm³/mol. The molecule has 21 heavy (non-hydrogen) atoms. The Kier molecular flexibility index (Phi) is 5.07. The number of aryl methyl sites for hydroxylation is 1. The van der Waals surface area contributed by atoms with Crippen LogP contribution in [0.2, 0.25) is 5.02 Å². The Morgan fingerprint density at radius 1 is 1.38 bits per heavy atom. The summed E-state index contributed by atoms with van der Waals surface area (Å²) in [5.74, 6) is -0.345. The monoisotopic (exact) mass is 309 g/mol. The van der Waals surface area contributed by atoms with Crippen molar-refractivity contribution in [3.63, 3.8) is 0 Å². The van der Waals surface area contributed by atoms with Crippen molar-refractivity contribution in [3.8, 4) is 0 Å². The molecule has 0 radical (unpaired) electrons. The number of rotatable bonds is 4. The molecule has 0 spiro atoms. The van der Waals surface area contributed by atoms with E-state index in [0.29, 0.717) is 31.0 Å². The zero-order chi connectivity index (χ0) is 15.4. The van der Waals surface area contributed by atoms with Gasteiger partial charge in [0.2, 0.25) is 11.8 Å². The van der Waals surface area contributed by atoms with E-state index in [2.05, 4.69) is 5.32 Å². The van der Waals surface area contributed by atoms with Gasteiger partial charge in [0.05, 0.1) is 6.54 Å². The smallest absolute Gasteiger partial charge is 0.241 e. The van der Waals surface area contributed by atoms with Crippen LogP contribution in [0.15, 0.2) is 18.2 Å². The summed E-state index contributed by atoms with van der Waals surface area (Å²) in [6, 6.07) is 5.62. The zero-order valence-corrected chi connectivity index (χ0v) is 12.8. The van der Waals surface area contributed by atoms with Gasteiger partial charge in [0.15, 0.2) is 0 Å². The van der Waals surface area contributed by atoms with E-state index in [-0.39, 0.29) is 24.3 Å². The largest absolute Gasteiger partial charge is 0.376 e. The Morgan fingerprint density at radius 2 is 2.05 bits per heavy atom. The minimum atomic E-state index is -0.269. The first-order valence-electron chi connectivity index (χ1n) is 7.04. The maximum atomic E-state index is 12.1. The molecule has 0 aliphatic carbocycles. The van der Waals surface area contributed by atoms with Crippen molar-refractivity contribution in [2.75, 3.05) is 25.0 Å². The van der Waals surface area contributed by atoms with Gasteiger partial charge in [0, 0.05) is 29.7 Å². The van der Waals surface area contributed by atoms with Crippen LogP contribution >= 0.6 is 11.6 Å². The fourth-order valence-electron chi connectivity index (χ4n) is 2.41. The highest BCUT2D eigenvalue weighted by atomic mass is 35.5. The number of hydrogen-bond donors (Lipinski definition) is 2. The van der Waals surface area contributed by atoms with Gasteiger partial charge >= 0.3 is 0 Å². The SMILES string of the molecule is Cc1ccc(NCC(=O)N2CCC(C(N)=O)CC2)cc1Cl. The van der Waals surface area contributed by atoms with Crippen LogP contribution in [-0.2, 0) is 9.59 Å². The average Bonchev–Trinajstić information content (AvgIpc) is 2.48. The number of benzene rings is 1. The highest BCUT2D eigenvalue weighted by Gasteiger charge is 2.25. The third-order valence-corrected chi connectivity index (χ3v) is 4.27. The summed E-state index contributed by atoms with van der Waals surface area (Å²) < 4.78 is 0. The van der Waals surface area contributed by atoms with Crippen LogP contribution in [0, 0.1) is 12.8 Å². The second kappa shape index (κ2) is 6.80. The highest BCUT2D eigenvalue weighted by Crippen LogP contribution is 2.20. The van der Waals surface area contributed by atoms with Crippen molar-refractivity contribution in [2.45, 2.75) is 19.8 Å². The minimum absolute atomic E-state index is 0.0228. The lowest BCUT2D eigenvalue weighted by molar-refractivity contribution is -0.133. The first-order valence-corrected chi connectivity index (χ1v) is 7.42. The third-order valence-electron chi connectivity index (χ3n) is 3.87. The number of primary amides is 1. The molecule has 1 heterocycles. The van der Waals surface area contributed by atoms with Crippen LogP contribution in [0.25, 0.3) is 0 Å².